The zero-order chi connectivity index (χ0) is 14.7. The number of rotatable bonds is 4. The van der Waals surface area contributed by atoms with E-state index in [0.29, 0.717) is 5.92 Å². The number of nitrogens with zero attached hydrogens (tertiary/aromatic N) is 1. The molecular formula is C18H21NO2. The van der Waals surface area contributed by atoms with Gasteiger partial charge in [-0.1, -0.05) is 49.6 Å². The van der Waals surface area contributed by atoms with Gasteiger partial charge in [-0.05, 0) is 36.5 Å². The van der Waals surface area contributed by atoms with Crippen LogP contribution in [0.25, 0.3) is 0 Å². The van der Waals surface area contributed by atoms with Gasteiger partial charge in [-0.25, -0.2) is 4.79 Å². The van der Waals surface area contributed by atoms with E-state index >= 15 is 0 Å². The molecule has 1 heterocycles. The van der Waals surface area contributed by atoms with E-state index in [4.69, 9.17) is 0 Å². The van der Waals surface area contributed by atoms with Crippen LogP contribution in [0.2, 0.25) is 0 Å². The maximum Gasteiger partial charge on any atom is 0.331 e. The quantitative estimate of drug-likeness (QED) is 0.913. The van der Waals surface area contributed by atoms with E-state index in [1.165, 1.54) is 37.8 Å². The average molecular weight is 283 g/mol. The molecule has 3 nitrogen and oxygen atoms in total. The summed E-state index contributed by atoms with van der Waals surface area (Å²) in [6.07, 6.45) is 8.06. The molecule has 1 aromatic heterocycles. The lowest BCUT2D eigenvalue weighted by molar-refractivity contribution is -0.139. The highest BCUT2D eigenvalue weighted by Gasteiger charge is 2.26. The van der Waals surface area contributed by atoms with Gasteiger partial charge in [0.1, 0.15) is 0 Å². The van der Waals surface area contributed by atoms with Crippen molar-refractivity contribution in [1.82, 2.24) is 4.57 Å². The van der Waals surface area contributed by atoms with Crippen molar-refractivity contribution in [1.29, 1.82) is 0 Å². The van der Waals surface area contributed by atoms with Crippen LogP contribution in [0, 0.1) is 0 Å². The van der Waals surface area contributed by atoms with Gasteiger partial charge in [0.05, 0.1) is 0 Å². The summed E-state index contributed by atoms with van der Waals surface area (Å²) >= 11 is 0. The molecular weight excluding hydrogens is 262 g/mol. The van der Waals surface area contributed by atoms with Crippen LogP contribution in [0.15, 0.2) is 48.7 Å². The number of hydrogen-bond acceptors (Lipinski definition) is 1. The third-order valence-corrected chi connectivity index (χ3v) is 4.46. The molecule has 0 bridgehead atoms. The Bertz CT molecular complexity index is 597. The summed E-state index contributed by atoms with van der Waals surface area (Å²) in [7, 11) is 0. The Hall–Kier alpha value is -2.03. The highest BCUT2D eigenvalue weighted by atomic mass is 16.4. The van der Waals surface area contributed by atoms with Crippen molar-refractivity contribution in [2.45, 2.75) is 44.1 Å². The van der Waals surface area contributed by atoms with Gasteiger partial charge in [-0.3, -0.25) is 0 Å². The molecule has 21 heavy (non-hydrogen) atoms. The molecule has 1 aromatic carbocycles. The van der Waals surface area contributed by atoms with Gasteiger partial charge in [0.2, 0.25) is 0 Å². The Balaban J connectivity index is 1.97. The van der Waals surface area contributed by atoms with E-state index in [0.717, 1.165) is 5.56 Å². The molecule has 2 aromatic rings. The van der Waals surface area contributed by atoms with Crippen molar-refractivity contribution < 1.29 is 9.90 Å². The molecule has 1 fully saturated rings. The number of carbonyl (C=O) groups is 1. The first-order valence-electron chi connectivity index (χ1n) is 7.72. The molecule has 1 saturated carbocycles. The van der Waals surface area contributed by atoms with Crippen molar-refractivity contribution in [3.8, 4) is 0 Å². The van der Waals surface area contributed by atoms with E-state index in [1.54, 1.807) is 0 Å². The highest BCUT2D eigenvalue weighted by molar-refractivity contribution is 5.76. The first kappa shape index (κ1) is 13.9. The molecule has 0 saturated heterocycles. The Kier molecular flexibility index (Phi) is 4.09. The molecule has 110 valence electrons. The van der Waals surface area contributed by atoms with E-state index in [-0.39, 0.29) is 0 Å². The van der Waals surface area contributed by atoms with E-state index in [1.807, 2.05) is 47.2 Å². The predicted octanol–water partition coefficient (Wildman–Crippen LogP) is 4.21. The summed E-state index contributed by atoms with van der Waals surface area (Å²) in [4.78, 5) is 11.8. The predicted molar refractivity (Wildman–Crippen MR) is 82.5 cm³/mol. The number of benzene rings is 1. The van der Waals surface area contributed by atoms with Crippen LogP contribution in [0.5, 0.6) is 0 Å². The number of hydrogen-bond donors (Lipinski definition) is 1. The molecule has 1 aliphatic rings. The minimum absolute atomic E-state index is 0.499. The first-order valence-corrected chi connectivity index (χ1v) is 7.72. The van der Waals surface area contributed by atoms with Crippen LogP contribution in [-0.2, 0) is 4.79 Å². The Morgan fingerprint density at radius 2 is 1.76 bits per heavy atom. The lowest BCUT2D eigenvalue weighted by Gasteiger charge is -2.26. The van der Waals surface area contributed by atoms with Gasteiger partial charge in [-0.2, -0.15) is 0 Å². The Labute approximate surface area is 125 Å². The molecule has 3 heteroatoms. The van der Waals surface area contributed by atoms with Gasteiger partial charge in [-0.15, -0.1) is 0 Å². The third-order valence-electron chi connectivity index (χ3n) is 4.46. The molecule has 1 atom stereocenters. The van der Waals surface area contributed by atoms with Crippen molar-refractivity contribution >= 4 is 5.97 Å². The summed E-state index contributed by atoms with van der Waals surface area (Å²) < 4.78 is 1.95. The van der Waals surface area contributed by atoms with Gasteiger partial charge in [0, 0.05) is 11.9 Å². The largest absolute Gasteiger partial charge is 0.479 e. The van der Waals surface area contributed by atoms with Crippen molar-refractivity contribution in [2.75, 3.05) is 0 Å². The molecule has 0 aliphatic heterocycles. The molecule has 1 N–H and O–H groups in total. The fourth-order valence-corrected chi connectivity index (χ4v) is 3.44. The SMILES string of the molecule is O=C(O)[C@H](c1ccccc1)n1cccc1C1CCCCC1. The molecule has 3 rings (SSSR count). The molecule has 0 amide bonds. The van der Waals surface area contributed by atoms with Gasteiger partial charge in [0.15, 0.2) is 6.04 Å². The van der Waals surface area contributed by atoms with Crippen molar-refractivity contribution in [3.05, 3.63) is 59.9 Å². The molecule has 0 radical (unpaired) electrons. The average Bonchev–Trinajstić information content (AvgIpc) is 2.98. The molecule has 0 unspecified atom stereocenters. The van der Waals surface area contributed by atoms with Gasteiger partial charge < -0.3 is 9.67 Å². The van der Waals surface area contributed by atoms with Gasteiger partial charge in [0.25, 0.3) is 0 Å². The maximum atomic E-state index is 11.8. The highest BCUT2D eigenvalue weighted by Crippen LogP contribution is 2.35. The topological polar surface area (TPSA) is 42.2 Å². The van der Waals surface area contributed by atoms with Gasteiger partial charge >= 0.3 is 5.97 Å². The summed E-state index contributed by atoms with van der Waals surface area (Å²) in [6, 6.07) is 12.9. The van der Waals surface area contributed by atoms with Crippen LogP contribution in [0.1, 0.15) is 55.3 Å². The number of carboxylic acid groups (broad SMARTS) is 1. The fourth-order valence-electron chi connectivity index (χ4n) is 3.44. The summed E-state index contributed by atoms with van der Waals surface area (Å²) in [5.41, 5.74) is 2.00. The fraction of sp³-hybridized carbons (Fsp3) is 0.389. The molecule has 1 aliphatic carbocycles. The lowest BCUT2D eigenvalue weighted by atomic mass is 9.86. The summed E-state index contributed by atoms with van der Waals surface area (Å²) in [6.45, 7) is 0. The van der Waals surface area contributed by atoms with Crippen molar-refractivity contribution in [2.24, 2.45) is 0 Å². The van der Waals surface area contributed by atoms with Crippen LogP contribution in [-0.4, -0.2) is 15.6 Å². The minimum Gasteiger partial charge on any atom is -0.479 e. The second-order valence-corrected chi connectivity index (χ2v) is 5.83. The standard InChI is InChI=1S/C18H21NO2/c20-18(21)17(15-10-5-2-6-11-15)19-13-7-12-16(19)14-8-3-1-4-9-14/h2,5-7,10-14,17H,1,3-4,8-9H2,(H,20,21)/t17-/m0/s1. The Morgan fingerprint density at radius 1 is 1.05 bits per heavy atom. The van der Waals surface area contributed by atoms with Crippen molar-refractivity contribution in [3.63, 3.8) is 0 Å². The van der Waals surface area contributed by atoms with Crippen LogP contribution < -0.4 is 0 Å². The monoisotopic (exact) mass is 283 g/mol. The Morgan fingerprint density at radius 3 is 2.43 bits per heavy atom. The lowest BCUT2D eigenvalue weighted by Crippen LogP contribution is -2.23. The summed E-state index contributed by atoms with van der Waals surface area (Å²) in [5.74, 6) is -0.297. The van der Waals surface area contributed by atoms with Crippen LogP contribution >= 0.6 is 0 Å². The zero-order valence-electron chi connectivity index (χ0n) is 12.1. The second kappa shape index (κ2) is 6.17. The summed E-state index contributed by atoms with van der Waals surface area (Å²) in [5, 5.41) is 9.70. The first-order chi connectivity index (χ1) is 10.3. The smallest absolute Gasteiger partial charge is 0.331 e. The van der Waals surface area contributed by atoms with E-state index < -0.39 is 12.0 Å². The number of carboxylic acids is 1. The number of aliphatic carboxylic acids is 1. The maximum absolute atomic E-state index is 11.8. The van der Waals surface area contributed by atoms with Crippen LogP contribution in [0.3, 0.4) is 0 Å². The second-order valence-electron chi connectivity index (χ2n) is 5.83. The van der Waals surface area contributed by atoms with Crippen LogP contribution in [0.4, 0.5) is 0 Å². The van der Waals surface area contributed by atoms with E-state index in [9.17, 15) is 9.90 Å². The third kappa shape index (κ3) is 2.87. The normalized spacial score (nSPS) is 17.5. The minimum atomic E-state index is -0.797. The van der Waals surface area contributed by atoms with E-state index in [2.05, 4.69) is 6.07 Å². The number of aromatic nitrogens is 1. The molecule has 0 spiro atoms. The zero-order valence-corrected chi connectivity index (χ0v) is 12.1.